The zero-order valence-corrected chi connectivity index (χ0v) is 23.4. The third kappa shape index (κ3) is 3.73. The molecule has 4 saturated carbocycles. The van der Waals surface area contributed by atoms with Gasteiger partial charge in [-0.2, -0.15) is 0 Å². The number of ketones is 1. The van der Waals surface area contributed by atoms with Crippen LogP contribution in [-0.4, -0.2) is 17.5 Å². The Labute approximate surface area is 219 Å². The second-order valence-corrected chi connectivity index (χ2v) is 14.3. The molecule has 0 amide bonds. The van der Waals surface area contributed by atoms with Crippen molar-refractivity contribution in [1.29, 1.82) is 0 Å². The summed E-state index contributed by atoms with van der Waals surface area (Å²) in [6.07, 6.45) is 12.6. The zero-order chi connectivity index (χ0) is 25.2. The summed E-state index contributed by atoms with van der Waals surface area (Å²) in [7, 11) is 0. The van der Waals surface area contributed by atoms with Crippen molar-refractivity contribution in [3.8, 4) is 0 Å². The fraction of sp³-hybridized carbons (Fsp3) is 0.758. The number of hydrogen-bond acceptors (Lipinski definition) is 3. The summed E-state index contributed by atoms with van der Waals surface area (Å²) in [6, 6.07) is 8.31. The minimum absolute atomic E-state index is 0.0993. The Bertz CT molecular complexity index is 1040. The molecule has 1 aliphatic heterocycles. The molecule has 1 heterocycles. The number of nitrogens with one attached hydrogen (secondary N) is 1. The minimum atomic E-state index is -0.0993. The Morgan fingerprint density at radius 2 is 1.78 bits per heavy atom. The molecule has 3 heteroatoms. The molecule has 5 aliphatic rings. The topological polar surface area (TPSA) is 41.5 Å². The number of hydrogen-bond donors (Lipinski definition) is 1. The van der Waals surface area contributed by atoms with E-state index in [9.17, 15) is 4.79 Å². The monoisotopic (exact) mass is 488 g/mol. The average Bonchev–Trinajstić information content (AvgIpc) is 3.09. The molecule has 3 nitrogen and oxygen atoms in total. The molecule has 0 bridgehead atoms. The van der Waals surface area contributed by atoms with Crippen LogP contribution in [0, 0.1) is 52.3 Å². The highest BCUT2D eigenvalue weighted by atomic mass is 16.1. The first-order valence-electron chi connectivity index (χ1n) is 15.2. The number of rotatable bonds is 5. The molecule has 9 atom stereocenters. The molecule has 196 valence electrons. The summed E-state index contributed by atoms with van der Waals surface area (Å²) < 4.78 is 0. The zero-order valence-electron chi connectivity index (χ0n) is 23.4. The van der Waals surface area contributed by atoms with Crippen LogP contribution in [0.4, 0.5) is 11.4 Å². The standard InChI is InChI=1S/C33H48N2O/c1-20(2)9-8-10-21(3)23-13-14-24-22-19-28-30-31(35-27-12-7-6-11-26(27)34-28)29(36)16-18-33(30,5)25(22)15-17-32(23,24)4/h6-7,11-12,20-25,30-31,35H,8-10,13-19H2,1-5H3/t21?,22?,23?,24?,25?,30-,31+,32+,33+/m0/s1. The first-order chi connectivity index (χ1) is 17.2. The minimum Gasteiger partial charge on any atom is -0.373 e. The first kappa shape index (κ1) is 24.7. The maximum absolute atomic E-state index is 13.3. The molecular weight excluding hydrogens is 440 g/mol. The Morgan fingerprint density at radius 1 is 1.00 bits per heavy atom. The van der Waals surface area contributed by atoms with E-state index in [4.69, 9.17) is 4.99 Å². The molecule has 4 fully saturated rings. The number of carbonyl (C=O) groups excluding carboxylic acids is 1. The van der Waals surface area contributed by atoms with Gasteiger partial charge in [-0.15, -0.1) is 0 Å². The molecule has 1 N–H and O–H groups in total. The third-order valence-electron chi connectivity index (χ3n) is 12.1. The number of anilines is 1. The first-order valence-corrected chi connectivity index (χ1v) is 15.2. The molecule has 0 radical (unpaired) electrons. The van der Waals surface area contributed by atoms with Gasteiger partial charge in [0.25, 0.3) is 0 Å². The molecule has 1 aromatic carbocycles. The maximum Gasteiger partial charge on any atom is 0.155 e. The lowest BCUT2D eigenvalue weighted by molar-refractivity contribution is -0.131. The van der Waals surface area contributed by atoms with E-state index in [-0.39, 0.29) is 17.4 Å². The van der Waals surface area contributed by atoms with Gasteiger partial charge in [0.15, 0.2) is 5.78 Å². The molecule has 6 rings (SSSR count). The summed E-state index contributed by atoms with van der Waals surface area (Å²) in [4.78, 5) is 18.7. The van der Waals surface area contributed by atoms with Crippen molar-refractivity contribution in [1.82, 2.24) is 0 Å². The molecular formula is C33H48N2O. The molecule has 4 aliphatic carbocycles. The van der Waals surface area contributed by atoms with Crippen LogP contribution in [0.25, 0.3) is 0 Å². The fourth-order valence-electron chi connectivity index (χ4n) is 10.3. The predicted octanol–water partition coefficient (Wildman–Crippen LogP) is 8.46. The van der Waals surface area contributed by atoms with Gasteiger partial charge >= 0.3 is 0 Å². The smallest absolute Gasteiger partial charge is 0.155 e. The summed E-state index contributed by atoms with van der Waals surface area (Å²) in [6.45, 7) is 12.5. The SMILES string of the molecule is CC(C)CCCC(C)C1CCC2C3CC4=Nc5ccccc5N[C@@H]5C(=O)CC[C@](C)(C3CC[C@]12C)[C@@H]45. The van der Waals surface area contributed by atoms with Crippen molar-refractivity contribution in [3.63, 3.8) is 0 Å². The number of para-hydroxylation sites is 2. The van der Waals surface area contributed by atoms with Crippen LogP contribution < -0.4 is 5.32 Å². The normalized spacial score (nSPS) is 41.8. The van der Waals surface area contributed by atoms with Crippen molar-refractivity contribution in [2.45, 2.75) is 105 Å². The van der Waals surface area contributed by atoms with Crippen molar-refractivity contribution in [2.75, 3.05) is 5.32 Å². The van der Waals surface area contributed by atoms with E-state index in [1.165, 1.54) is 50.7 Å². The van der Waals surface area contributed by atoms with Gasteiger partial charge in [-0.1, -0.05) is 66.0 Å². The van der Waals surface area contributed by atoms with E-state index in [0.717, 1.165) is 66.1 Å². The van der Waals surface area contributed by atoms with E-state index < -0.39 is 0 Å². The molecule has 0 saturated heterocycles. The number of Topliss-reactive ketones (excluding diaryl/α,β-unsaturated/α-hetero) is 1. The van der Waals surface area contributed by atoms with Crippen LogP contribution in [0.3, 0.4) is 0 Å². The summed E-state index contributed by atoms with van der Waals surface area (Å²) in [5.74, 6) is 5.47. The predicted molar refractivity (Wildman–Crippen MR) is 150 cm³/mol. The molecule has 5 unspecified atom stereocenters. The van der Waals surface area contributed by atoms with Crippen molar-refractivity contribution < 1.29 is 4.79 Å². The highest BCUT2D eigenvalue weighted by molar-refractivity contribution is 6.02. The maximum atomic E-state index is 13.3. The van der Waals surface area contributed by atoms with Gasteiger partial charge in [0, 0.05) is 18.1 Å². The highest BCUT2D eigenvalue weighted by Gasteiger charge is 2.64. The Kier molecular flexibility index (Phi) is 6.16. The van der Waals surface area contributed by atoms with Gasteiger partial charge in [-0.3, -0.25) is 9.79 Å². The molecule has 0 spiro atoms. The van der Waals surface area contributed by atoms with Crippen molar-refractivity contribution in [3.05, 3.63) is 24.3 Å². The number of aliphatic imine (C=N–C) groups is 1. The van der Waals surface area contributed by atoms with Crippen LogP contribution in [0.1, 0.15) is 98.8 Å². The molecule has 1 aromatic rings. The lowest BCUT2D eigenvalue weighted by Gasteiger charge is -2.61. The van der Waals surface area contributed by atoms with Gasteiger partial charge in [0.2, 0.25) is 0 Å². The summed E-state index contributed by atoms with van der Waals surface area (Å²) in [5.41, 5.74) is 4.08. The fourth-order valence-corrected chi connectivity index (χ4v) is 10.3. The van der Waals surface area contributed by atoms with E-state index in [2.05, 4.69) is 64.2 Å². The van der Waals surface area contributed by atoms with Crippen LogP contribution >= 0.6 is 0 Å². The average molecular weight is 489 g/mol. The van der Waals surface area contributed by atoms with Gasteiger partial charge in [0.05, 0.1) is 17.4 Å². The van der Waals surface area contributed by atoms with E-state index in [1.807, 2.05) is 0 Å². The molecule has 0 aromatic heterocycles. The van der Waals surface area contributed by atoms with Crippen LogP contribution in [0.2, 0.25) is 0 Å². The van der Waals surface area contributed by atoms with E-state index in [1.54, 1.807) is 0 Å². The molecule has 36 heavy (non-hydrogen) atoms. The largest absolute Gasteiger partial charge is 0.373 e. The highest BCUT2D eigenvalue weighted by Crippen LogP contribution is 2.68. The second kappa shape index (κ2) is 8.98. The quantitative estimate of drug-likeness (QED) is 0.451. The van der Waals surface area contributed by atoms with Crippen LogP contribution in [0.5, 0.6) is 0 Å². The summed E-state index contributed by atoms with van der Waals surface area (Å²) in [5, 5.41) is 3.70. The van der Waals surface area contributed by atoms with E-state index >= 15 is 0 Å². The lowest BCUT2D eigenvalue weighted by Crippen LogP contribution is -2.62. The van der Waals surface area contributed by atoms with Crippen LogP contribution in [0.15, 0.2) is 29.3 Å². The number of nitrogens with zero attached hydrogens (tertiary/aromatic N) is 1. The Hall–Kier alpha value is -1.64. The van der Waals surface area contributed by atoms with Gasteiger partial charge < -0.3 is 5.32 Å². The number of benzene rings is 1. The Balaban J connectivity index is 1.32. The van der Waals surface area contributed by atoms with E-state index in [0.29, 0.717) is 11.2 Å². The number of carbonyl (C=O) groups is 1. The number of fused-ring (bicyclic) bond motifs is 5. The van der Waals surface area contributed by atoms with Crippen LogP contribution in [-0.2, 0) is 4.79 Å². The van der Waals surface area contributed by atoms with Gasteiger partial charge in [-0.25, -0.2) is 0 Å². The lowest BCUT2D eigenvalue weighted by atomic mass is 9.43. The van der Waals surface area contributed by atoms with Gasteiger partial charge in [0.1, 0.15) is 0 Å². The second-order valence-electron chi connectivity index (χ2n) is 14.3. The van der Waals surface area contributed by atoms with Crippen molar-refractivity contribution >= 4 is 22.9 Å². The van der Waals surface area contributed by atoms with Crippen molar-refractivity contribution in [2.24, 2.45) is 57.2 Å². The summed E-state index contributed by atoms with van der Waals surface area (Å²) >= 11 is 0. The Morgan fingerprint density at radius 3 is 2.58 bits per heavy atom. The third-order valence-corrected chi connectivity index (χ3v) is 12.1. The van der Waals surface area contributed by atoms with Gasteiger partial charge in [-0.05, 0) is 97.0 Å².